The van der Waals surface area contributed by atoms with Crippen molar-refractivity contribution in [3.63, 3.8) is 0 Å². The molecule has 1 aromatic heterocycles. The van der Waals surface area contributed by atoms with E-state index in [1.165, 1.54) is 0 Å². The molecule has 0 radical (unpaired) electrons. The molecule has 1 atom stereocenters. The molecular formula is C17H27N3O2. The number of rotatable bonds is 1. The average molecular weight is 305 g/mol. The quantitative estimate of drug-likeness (QED) is 0.865. The van der Waals surface area contributed by atoms with Gasteiger partial charge in [-0.1, -0.05) is 27.7 Å². The SMILES string of the molecule is CC1COCC12CCN(c1ncc(C(C)(C)C)[nH]c1=O)CC2. The molecule has 0 aliphatic carbocycles. The van der Waals surface area contributed by atoms with Gasteiger partial charge in [0.1, 0.15) is 0 Å². The Balaban J connectivity index is 1.75. The van der Waals surface area contributed by atoms with Crippen LogP contribution >= 0.6 is 0 Å². The third kappa shape index (κ3) is 2.67. The highest BCUT2D eigenvalue weighted by atomic mass is 16.5. The lowest BCUT2D eigenvalue weighted by Gasteiger charge is -2.41. The molecule has 0 saturated carbocycles. The minimum atomic E-state index is -0.0900. The Hall–Kier alpha value is -1.36. The first-order valence-corrected chi connectivity index (χ1v) is 8.24. The zero-order valence-electron chi connectivity index (χ0n) is 14.1. The van der Waals surface area contributed by atoms with E-state index in [9.17, 15) is 4.79 Å². The van der Waals surface area contributed by atoms with E-state index in [0.29, 0.717) is 17.2 Å². The van der Waals surface area contributed by atoms with E-state index in [0.717, 1.165) is 44.8 Å². The van der Waals surface area contributed by atoms with Crippen LogP contribution in [0.25, 0.3) is 0 Å². The van der Waals surface area contributed by atoms with E-state index in [4.69, 9.17) is 4.74 Å². The van der Waals surface area contributed by atoms with Crippen molar-refractivity contribution in [3.05, 3.63) is 22.2 Å². The fourth-order valence-electron chi connectivity index (χ4n) is 3.56. The summed E-state index contributed by atoms with van der Waals surface area (Å²) in [5.41, 5.74) is 1.04. The number of H-pyrrole nitrogens is 1. The lowest BCUT2D eigenvalue weighted by molar-refractivity contribution is 0.127. The summed E-state index contributed by atoms with van der Waals surface area (Å²) >= 11 is 0. The normalized spacial score (nSPS) is 24.9. The number of hydrogen-bond donors (Lipinski definition) is 1. The van der Waals surface area contributed by atoms with Gasteiger partial charge >= 0.3 is 0 Å². The van der Waals surface area contributed by atoms with Gasteiger partial charge in [0.15, 0.2) is 5.82 Å². The minimum absolute atomic E-state index is 0.0703. The molecule has 5 nitrogen and oxygen atoms in total. The molecule has 0 bridgehead atoms. The topological polar surface area (TPSA) is 58.2 Å². The van der Waals surface area contributed by atoms with Crippen molar-refractivity contribution in [2.24, 2.45) is 11.3 Å². The highest BCUT2D eigenvalue weighted by Crippen LogP contribution is 2.43. The summed E-state index contributed by atoms with van der Waals surface area (Å²) in [7, 11) is 0. The van der Waals surface area contributed by atoms with Crippen LogP contribution in [0.5, 0.6) is 0 Å². The second kappa shape index (κ2) is 5.37. The van der Waals surface area contributed by atoms with Gasteiger partial charge < -0.3 is 14.6 Å². The molecule has 3 rings (SSSR count). The van der Waals surface area contributed by atoms with Gasteiger partial charge in [0.25, 0.3) is 5.56 Å². The van der Waals surface area contributed by atoms with Crippen molar-refractivity contribution in [2.75, 3.05) is 31.2 Å². The van der Waals surface area contributed by atoms with Crippen molar-refractivity contribution >= 4 is 5.82 Å². The van der Waals surface area contributed by atoms with Gasteiger partial charge in [-0.3, -0.25) is 4.79 Å². The Bertz CT molecular complexity index is 595. The van der Waals surface area contributed by atoms with E-state index in [1.54, 1.807) is 0 Å². The fourth-order valence-corrected chi connectivity index (χ4v) is 3.56. The molecule has 122 valence electrons. The van der Waals surface area contributed by atoms with Gasteiger partial charge in [-0.25, -0.2) is 4.98 Å². The predicted molar refractivity (Wildman–Crippen MR) is 87.4 cm³/mol. The Kier molecular flexibility index (Phi) is 3.79. The molecule has 2 aliphatic heterocycles. The van der Waals surface area contributed by atoms with Crippen LogP contribution in [0.4, 0.5) is 5.82 Å². The smallest absolute Gasteiger partial charge is 0.291 e. The van der Waals surface area contributed by atoms with E-state index >= 15 is 0 Å². The molecule has 22 heavy (non-hydrogen) atoms. The Morgan fingerprint density at radius 2 is 2.05 bits per heavy atom. The molecular weight excluding hydrogens is 278 g/mol. The van der Waals surface area contributed by atoms with Crippen molar-refractivity contribution in [1.29, 1.82) is 0 Å². The number of nitrogens with zero attached hydrogens (tertiary/aromatic N) is 2. The first kappa shape index (κ1) is 15.5. The van der Waals surface area contributed by atoms with Gasteiger partial charge in [0, 0.05) is 42.4 Å². The van der Waals surface area contributed by atoms with E-state index in [-0.39, 0.29) is 11.0 Å². The van der Waals surface area contributed by atoms with Crippen molar-refractivity contribution < 1.29 is 4.74 Å². The first-order valence-electron chi connectivity index (χ1n) is 8.24. The molecule has 3 heterocycles. The van der Waals surface area contributed by atoms with Crippen molar-refractivity contribution in [2.45, 2.75) is 46.0 Å². The molecule has 0 amide bonds. The number of aromatic amines is 1. The maximum atomic E-state index is 12.4. The lowest BCUT2D eigenvalue weighted by Crippen LogP contribution is -2.45. The standard InChI is InChI=1S/C17H27N3O2/c1-12-10-22-11-17(12)5-7-20(8-6-17)14-15(21)19-13(9-18-14)16(2,3)4/h9,12H,5-8,10-11H2,1-4H3,(H,19,21). The van der Waals surface area contributed by atoms with Crippen LogP contribution in [0.2, 0.25) is 0 Å². The molecule has 2 saturated heterocycles. The highest BCUT2D eigenvalue weighted by molar-refractivity contribution is 5.37. The van der Waals surface area contributed by atoms with Crippen molar-refractivity contribution in [3.8, 4) is 0 Å². The highest BCUT2D eigenvalue weighted by Gasteiger charge is 2.43. The number of anilines is 1. The fraction of sp³-hybridized carbons (Fsp3) is 0.765. The van der Waals surface area contributed by atoms with Crippen LogP contribution in [-0.2, 0) is 10.2 Å². The van der Waals surface area contributed by atoms with Gasteiger partial charge in [0.2, 0.25) is 0 Å². The summed E-state index contributed by atoms with van der Waals surface area (Å²) < 4.78 is 5.67. The average Bonchev–Trinajstić information content (AvgIpc) is 2.80. The van der Waals surface area contributed by atoms with Crippen LogP contribution in [0.1, 0.15) is 46.2 Å². The third-order valence-corrected chi connectivity index (χ3v) is 5.44. The Morgan fingerprint density at radius 3 is 2.55 bits per heavy atom. The lowest BCUT2D eigenvalue weighted by atomic mass is 9.72. The van der Waals surface area contributed by atoms with E-state index < -0.39 is 0 Å². The summed E-state index contributed by atoms with van der Waals surface area (Å²) in [6.45, 7) is 12.0. The first-order chi connectivity index (χ1) is 10.3. The molecule has 2 aliphatic rings. The number of piperidine rings is 1. The molecule has 1 unspecified atom stereocenters. The Morgan fingerprint density at radius 1 is 1.36 bits per heavy atom. The van der Waals surface area contributed by atoms with Crippen LogP contribution in [0.3, 0.4) is 0 Å². The summed E-state index contributed by atoms with van der Waals surface area (Å²) in [6.07, 6.45) is 3.97. The van der Waals surface area contributed by atoms with E-state index in [1.807, 2.05) is 6.20 Å². The van der Waals surface area contributed by atoms with Crippen LogP contribution in [0, 0.1) is 11.3 Å². The summed E-state index contributed by atoms with van der Waals surface area (Å²) in [5.74, 6) is 1.18. The summed E-state index contributed by atoms with van der Waals surface area (Å²) in [4.78, 5) is 22.0. The zero-order valence-corrected chi connectivity index (χ0v) is 14.1. The molecule has 2 fully saturated rings. The number of aromatic nitrogens is 2. The predicted octanol–water partition coefficient (Wildman–Crippen LogP) is 2.32. The largest absolute Gasteiger partial charge is 0.381 e. The summed E-state index contributed by atoms with van der Waals surface area (Å²) in [5, 5.41) is 0. The zero-order chi connectivity index (χ0) is 16.0. The van der Waals surface area contributed by atoms with Crippen LogP contribution in [-0.4, -0.2) is 36.3 Å². The number of ether oxygens (including phenoxy) is 1. The molecule has 5 heteroatoms. The number of hydrogen-bond acceptors (Lipinski definition) is 4. The van der Waals surface area contributed by atoms with Gasteiger partial charge in [-0.15, -0.1) is 0 Å². The van der Waals surface area contributed by atoms with Crippen molar-refractivity contribution in [1.82, 2.24) is 9.97 Å². The Labute approximate surface area is 132 Å². The van der Waals surface area contributed by atoms with Gasteiger partial charge in [-0.05, 0) is 18.8 Å². The third-order valence-electron chi connectivity index (χ3n) is 5.44. The van der Waals surface area contributed by atoms with Gasteiger partial charge in [0.05, 0.1) is 6.61 Å². The number of nitrogens with one attached hydrogen (secondary N) is 1. The molecule has 1 N–H and O–H groups in total. The molecule has 0 aromatic carbocycles. The minimum Gasteiger partial charge on any atom is -0.381 e. The van der Waals surface area contributed by atoms with Crippen LogP contribution in [0.15, 0.2) is 11.0 Å². The second-order valence-corrected chi connectivity index (χ2v) is 7.97. The monoisotopic (exact) mass is 305 g/mol. The maximum Gasteiger partial charge on any atom is 0.291 e. The van der Waals surface area contributed by atoms with Gasteiger partial charge in [-0.2, -0.15) is 0 Å². The maximum absolute atomic E-state index is 12.4. The molecule has 1 spiro atoms. The second-order valence-electron chi connectivity index (χ2n) is 7.97. The summed E-state index contributed by atoms with van der Waals surface area (Å²) in [6, 6.07) is 0. The van der Waals surface area contributed by atoms with E-state index in [2.05, 4.69) is 42.6 Å². The van der Waals surface area contributed by atoms with Crippen LogP contribution < -0.4 is 10.5 Å². The molecule has 1 aromatic rings.